The van der Waals surface area contributed by atoms with Crippen molar-refractivity contribution in [2.24, 2.45) is 0 Å². The number of hydrogen-bond donors (Lipinski definition) is 0. The minimum Gasteiger partial charge on any atom is -0.493 e. The van der Waals surface area contributed by atoms with Gasteiger partial charge in [0, 0.05) is 50.1 Å². The average molecular weight is 458 g/mol. The number of amides is 1. The quantitative estimate of drug-likeness (QED) is 0.623. The Balaban J connectivity index is 1.48. The summed E-state index contributed by atoms with van der Waals surface area (Å²) in [7, 11) is 3.23. The van der Waals surface area contributed by atoms with Crippen LogP contribution in [-0.4, -0.2) is 56.4 Å². The van der Waals surface area contributed by atoms with Crippen LogP contribution in [0.3, 0.4) is 0 Å². The summed E-state index contributed by atoms with van der Waals surface area (Å²) >= 11 is 0. The number of ether oxygens (including phenoxy) is 4. The maximum Gasteiger partial charge on any atom is 0.253 e. The molecule has 1 atom stereocenters. The van der Waals surface area contributed by atoms with Gasteiger partial charge in [-0.3, -0.25) is 4.79 Å². The molecule has 1 unspecified atom stereocenters. The van der Waals surface area contributed by atoms with Gasteiger partial charge in [0.25, 0.3) is 5.91 Å². The lowest BCUT2D eigenvalue weighted by Crippen LogP contribution is -2.52. The van der Waals surface area contributed by atoms with E-state index in [1.807, 2.05) is 24.8 Å². The number of halogens is 1. The first-order chi connectivity index (χ1) is 15.9. The van der Waals surface area contributed by atoms with Gasteiger partial charge >= 0.3 is 0 Å². The van der Waals surface area contributed by atoms with Crippen LogP contribution in [0.4, 0.5) is 4.39 Å². The van der Waals surface area contributed by atoms with Gasteiger partial charge in [-0.05, 0) is 44.5 Å². The maximum absolute atomic E-state index is 14.6. The molecule has 33 heavy (non-hydrogen) atoms. The average Bonchev–Trinajstić information content (AvgIpc) is 2.80. The molecule has 0 aliphatic carbocycles. The van der Waals surface area contributed by atoms with Crippen molar-refractivity contribution in [1.29, 1.82) is 0 Å². The van der Waals surface area contributed by atoms with Crippen LogP contribution in [0.5, 0.6) is 17.2 Å². The Kier molecular flexibility index (Phi) is 6.79. The van der Waals surface area contributed by atoms with Crippen molar-refractivity contribution in [3.63, 3.8) is 0 Å². The van der Waals surface area contributed by atoms with Crippen LogP contribution in [0.25, 0.3) is 0 Å². The van der Waals surface area contributed by atoms with Crippen molar-refractivity contribution in [3.8, 4) is 17.2 Å². The van der Waals surface area contributed by atoms with Gasteiger partial charge in [0.05, 0.1) is 19.8 Å². The number of piperidine rings is 1. The van der Waals surface area contributed by atoms with E-state index in [0.29, 0.717) is 55.4 Å². The van der Waals surface area contributed by atoms with Crippen molar-refractivity contribution in [3.05, 3.63) is 53.3 Å². The van der Waals surface area contributed by atoms with Gasteiger partial charge in [-0.1, -0.05) is 12.1 Å². The molecule has 1 saturated heterocycles. The smallest absolute Gasteiger partial charge is 0.253 e. The number of benzene rings is 2. The van der Waals surface area contributed by atoms with Gasteiger partial charge in [-0.2, -0.15) is 0 Å². The van der Waals surface area contributed by atoms with Gasteiger partial charge in [-0.25, -0.2) is 4.39 Å². The number of nitrogens with zero attached hydrogens (tertiary/aromatic N) is 1. The van der Waals surface area contributed by atoms with Crippen molar-refractivity contribution in [2.75, 3.05) is 33.9 Å². The molecule has 0 radical (unpaired) electrons. The molecule has 1 amide bonds. The third-order valence-corrected chi connectivity index (χ3v) is 6.48. The Morgan fingerprint density at radius 2 is 1.94 bits per heavy atom. The van der Waals surface area contributed by atoms with Gasteiger partial charge in [0.2, 0.25) is 0 Å². The molecule has 2 aromatic carbocycles. The molecule has 1 fully saturated rings. The number of carbonyl (C=O) groups excluding carboxylic acids is 1. The van der Waals surface area contributed by atoms with Crippen LogP contribution >= 0.6 is 0 Å². The highest BCUT2D eigenvalue weighted by Gasteiger charge is 2.45. The van der Waals surface area contributed by atoms with Crippen LogP contribution in [-0.2, 0) is 4.74 Å². The molecule has 0 bridgehead atoms. The fourth-order valence-electron chi connectivity index (χ4n) is 4.88. The predicted octanol–water partition coefficient (Wildman–Crippen LogP) is 4.81. The molecule has 0 N–H and O–H groups in total. The lowest BCUT2D eigenvalue weighted by molar-refractivity contribution is -0.0278. The lowest BCUT2D eigenvalue weighted by atomic mass is 9.77. The summed E-state index contributed by atoms with van der Waals surface area (Å²) in [5.41, 5.74) is 0.913. The van der Waals surface area contributed by atoms with E-state index in [1.165, 1.54) is 6.07 Å². The SMILES string of the molecule is COCC1CC2(CCN(C(=O)c3ccc(OC(C)C)c(OC)c3)CC2)Oc2c(F)cccc21. The van der Waals surface area contributed by atoms with Crippen LogP contribution in [0.1, 0.15) is 54.9 Å². The van der Waals surface area contributed by atoms with Gasteiger partial charge < -0.3 is 23.8 Å². The third kappa shape index (κ3) is 4.78. The lowest BCUT2D eigenvalue weighted by Gasteiger charge is -2.46. The highest BCUT2D eigenvalue weighted by atomic mass is 19.1. The molecule has 2 heterocycles. The number of likely N-dealkylation sites (tertiary alicyclic amines) is 1. The normalized spacial score (nSPS) is 19.2. The monoisotopic (exact) mass is 457 g/mol. The first-order valence-electron chi connectivity index (χ1n) is 11.5. The van der Waals surface area contributed by atoms with Gasteiger partial charge in [0.15, 0.2) is 23.1 Å². The minimum atomic E-state index is -0.498. The number of hydrogen-bond acceptors (Lipinski definition) is 5. The van der Waals surface area contributed by atoms with E-state index in [-0.39, 0.29) is 23.7 Å². The highest BCUT2D eigenvalue weighted by Crippen LogP contribution is 2.46. The summed E-state index contributed by atoms with van der Waals surface area (Å²) in [6, 6.07) is 10.3. The summed E-state index contributed by atoms with van der Waals surface area (Å²) in [6.45, 7) is 5.46. The highest BCUT2D eigenvalue weighted by molar-refractivity contribution is 5.95. The standard InChI is InChI=1S/C26H32FNO5/c1-17(2)32-22-9-8-18(14-23(22)31-4)25(29)28-12-10-26(11-13-28)15-19(16-30-3)20-6-5-7-21(27)24(20)33-26/h5-9,14,17,19H,10-13,15-16H2,1-4H3. The zero-order valence-electron chi connectivity index (χ0n) is 19.7. The van der Waals surface area contributed by atoms with E-state index in [2.05, 4.69) is 0 Å². The summed E-state index contributed by atoms with van der Waals surface area (Å²) < 4.78 is 37.5. The third-order valence-electron chi connectivity index (χ3n) is 6.48. The van der Waals surface area contributed by atoms with E-state index < -0.39 is 5.60 Å². The molecule has 4 rings (SSSR count). The molecule has 7 heteroatoms. The predicted molar refractivity (Wildman–Crippen MR) is 123 cm³/mol. The molecule has 2 aliphatic heterocycles. The van der Waals surface area contributed by atoms with Crippen LogP contribution in [0.15, 0.2) is 36.4 Å². The fourth-order valence-corrected chi connectivity index (χ4v) is 4.88. The number of carbonyl (C=O) groups is 1. The fraction of sp³-hybridized carbons (Fsp3) is 0.500. The second-order valence-corrected chi connectivity index (χ2v) is 9.12. The second-order valence-electron chi connectivity index (χ2n) is 9.12. The molecule has 1 spiro atoms. The maximum atomic E-state index is 14.6. The van der Waals surface area contributed by atoms with Crippen LogP contribution in [0.2, 0.25) is 0 Å². The molecule has 2 aliphatic rings. The van der Waals surface area contributed by atoms with E-state index in [0.717, 1.165) is 12.0 Å². The Morgan fingerprint density at radius 1 is 1.18 bits per heavy atom. The van der Waals surface area contributed by atoms with E-state index in [1.54, 1.807) is 38.5 Å². The van der Waals surface area contributed by atoms with E-state index in [9.17, 15) is 9.18 Å². The number of fused-ring (bicyclic) bond motifs is 1. The molecule has 2 aromatic rings. The van der Waals surface area contributed by atoms with Crippen molar-refractivity contribution in [2.45, 2.75) is 50.7 Å². The largest absolute Gasteiger partial charge is 0.493 e. The molecule has 0 aromatic heterocycles. The first kappa shape index (κ1) is 23.4. The number of rotatable bonds is 6. The molecule has 178 valence electrons. The van der Waals surface area contributed by atoms with Crippen molar-refractivity contribution in [1.82, 2.24) is 4.90 Å². The summed E-state index contributed by atoms with van der Waals surface area (Å²) in [5, 5.41) is 0. The van der Waals surface area contributed by atoms with Gasteiger partial charge in [0.1, 0.15) is 5.60 Å². The molecule has 0 saturated carbocycles. The molecule has 6 nitrogen and oxygen atoms in total. The first-order valence-corrected chi connectivity index (χ1v) is 11.5. The Morgan fingerprint density at radius 3 is 2.61 bits per heavy atom. The number of para-hydroxylation sites is 1. The topological polar surface area (TPSA) is 57.2 Å². The van der Waals surface area contributed by atoms with E-state index >= 15 is 0 Å². The van der Waals surface area contributed by atoms with Crippen LogP contribution in [0, 0.1) is 5.82 Å². The molecular formula is C26H32FNO5. The van der Waals surface area contributed by atoms with Crippen molar-refractivity contribution < 1.29 is 28.1 Å². The van der Waals surface area contributed by atoms with Crippen LogP contribution < -0.4 is 14.2 Å². The minimum absolute atomic E-state index is 0.00568. The number of methoxy groups -OCH3 is 2. The zero-order valence-corrected chi connectivity index (χ0v) is 19.7. The zero-order chi connectivity index (χ0) is 23.6. The Bertz CT molecular complexity index is 1000. The summed E-state index contributed by atoms with van der Waals surface area (Å²) in [6.07, 6.45) is 2.02. The van der Waals surface area contributed by atoms with Gasteiger partial charge in [-0.15, -0.1) is 0 Å². The summed E-state index contributed by atoms with van der Waals surface area (Å²) in [5.74, 6) is 1.14. The summed E-state index contributed by atoms with van der Waals surface area (Å²) in [4.78, 5) is 15.0. The Hall–Kier alpha value is -2.80. The van der Waals surface area contributed by atoms with Crippen molar-refractivity contribution >= 4 is 5.91 Å². The van der Waals surface area contributed by atoms with E-state index in [4.69, 9.17) is 18.9 Å². The molecular weight excluding hydrogens is 425 g/mol. The second kappa shape index (κ2) is 9.59. The Labute approximate surface area is 194 Å².